The SMILES string of the molecule is CCOC(=O)Cc1nnc(NC(=O)c2ccc(NCC3(c4ncccc4F)CCC3)nn2)s1. The van der Waals surface area contributed by atoms with Crippen LogP contribution in [0.25, 0.3) is 0 Å². The number of anilines is 2. The Bertz CT molecular complexity index is 1130. The molecule has 1 amide bonds. The Morgan fingerprint density at radius 1 is 1.18 bits per heavy atom. The molecule has 2 N–H and O–H groups in total. The lowest BCUT2D eigenvalue weighted by molar-refractivity contribution is -0.142. The molecular weight excluding hydrogens is 449 g/mol. The summed E-state index contributed by atoms with van der Waals surface area (Å²) in [6.45, 7) is 2.47. The first kappa shape index (κ1) is 22.6. The van der Waals surface area contributed by atoms with E-state index in [0.717, 1.165) is 30.6 Å². The third-order valence-electron chi connectivity index (χ3n) is 5.36. The van der Waals surface area contributed by atoms with Crippen LogP contribution in [0.4, 0.5) is 15.3 Å². The van der Waals surface area contributed by atoms with Crippen LogP contribution >= 0.6 is 11.3 Å². The Morgan fingerprint density at radius 2 is 2.03 bits per heavy atom. The maximum atomic E-state index is 14.3. The fourth-order valence-electron chi connectivity index (χ4n) is 3.56. The van der Waals surface area contributed by atoms with Crippen LogP contribution in [0.2, 0.25) is 0 Å². The molecule has 1 saturated carbocycles. The van der Waals surface area contributed by atoms with Gasteiger partial charge < -0.3 is 10.1 Å². The van der Waals surface area contributed by atoms with Crippen molar-refractivity contribution < 1.29 is 18.7 Å². The second-order valence-corrected chi connectivity index (χ2v) is 8.62. The minimum absolute atomic E-state index is 0.00849. The van der Waals surface area contributed by atoms with Crippen LogP contribution in [-0.4, -0.2) is 50.4 Å². The predicted molar refractivity (Wildman–Crippen MR) is 118 cm³/mol. The van der Waals surface area contributed by atoms with Crippen molar-refractivity contribution in [3.63, 3.8) is 0 Å². The molecule has 1 aliphatic carbocycles. The molecule has 33 heavy (non-hydrogen) atoms. The highest BCUT2D eigenvalue weighted by Gasteiger charge is 2.41. The van der Waals surface area contributed by atoms with Gasteiger partial charge in [0.05, 0.1) is 18.7 Å². The zero-order valence-electron chi connectivity index (χ0n) is 17.9. The van der Waals surface area contributed by atoms with Crippen LogP contribution in [0.15, 0.2) is 30.5 Å². The maximum absolute atomic E-state index is 14.3. The first-order chi connectivity index (χ1) is 16.0. The Morgan fingerprint density at radius 3 is 2.70 bits per heavy atom. The second-order valence-electron chi connectivity index (χ2n) is 7.56. The molecule has 10 nitrogen and oxygen atoms in total. The molecule has 1 aliphatic rings. The summed E-state index contributed by atoms with van der Waals surface area (Å²) in [6.07, 6.45) is 4.27. The van der Waals surface area contributed by atoms with Gasteiger partial charge in [0.2, 0.25) is 5.13 Å². The van der Waals surface area contributed by atoms with E-state index in [9.17, 15) is 14.0 Å². The van der Waals surface area contributed by atoms with E-state index in [1.54, 1.807) is 25.3 Å². The van der Waals surface area contributed by atoms with Gasteiger partial charge in [-0.1, -0.05) is 17.8 Å². The normalized spacial score (nSPS) is 14.2. The van der Waals surface area contributed by atoms with Crippen molar-refractivity contribution in [3.8, 4) is 0 Å². The van der Waals surface area contributed by atoms with Crippen molar-refractivity contribution in [2.45, 2.75) is 38.0 Å². The number of carbonyl (C=O) groups is 2. The fourth-order valence-corrected chi connectivity index (χ4v) is 4.28. The number of halogens is 1. The highest BCUT2D eigenvalue weighted by Crippen LogP contribution is 2.43. The van der Waals surface area contributed by atoms with Crippen LogP contribution in [0.3, 0.4) is 0 Å². The summed E-state index contributed by atoms with van der Waals surface area (Å²) in [5, 5.41) is 22.2. The van der Waals surface area contributed by atoms with E-state index in [0.29, 0.717) is 23.1 Å². The van der Waals surface area contributed by atoms with Gasteiger partial charge in [-0.2, -0.15) is 0 Å². The first-order valence-corrected chi connectivity index (χ1v) is 11.3. The molecule has 0 atom stereocenters. The van der Waals surface area contributed by atoms with Gasteiger partial charge in [0.25, 0.3) is 5.91 Å². The number of aromatic nitrogens is 5. The number of amides is 1. The Kier molecular flexibility index (Phi) is 6.82. The van der Waals surface area contributed by atoms with Crippen molar-refractivity contribution in [3.05, 3.63) is 52.7 Å². The molecule has 0 saturated heterocycles. The van der Waals surface area contributed by atoms with Gasteiger partial charge in [-0.25, -0.2) is 4.39 Å². The lowest BCUT2D eigenvalue weighted by Gasteiger charge is -2.41. The van der Waals surface area contributed by atoms with Gasteiger partial charge in [0, 0.05) is 18.2 Å². The van der Waals surface area contributed by atoms with Gasteiger partial charge >= 0.3 is 5.97 Å². The van der Waals surface area contributed by atoms with Gasteiger partial charge in [0.1, 0.15) is 16.6 Å². The predicted octanol–water partition coefficient (Wildman–Crippen LogP) is 2.75. The number of pyridine rings is 1. The molecule has 3 aromatic heterocycles. The number of esters is 1. The molecule has 0 unspecified atom stereocenters. The standard InChI is InChI=1S/C21H22FN7O3S/c1-2-32-17(30)11-16-28-29-20(33-16)25-19(31)14-6-7-15(27-26-14)24-12-21(8-4-9-21)18-13(22)5-3-10-23-18/h3,5-7,10H,2,4,8-9,11-12H2,1H3,(H,24,27)(H,25,29,31). The number of nitrogens with zero attached hydrogens (tertiary/aromatic N) is 5. The van der Waals surface area contributed by atoms with E-state index >= 15 is 0 Å². The molecule has 4 rings (SSSR count). The van der Waals surface area contributed by atoms with Crippen LogP contribution in [-0.2, 0) is 21.4 Å². The number of hydrogen-bond acceptors (Lipinski definition) is 10. The van der Waals surface area contributed by atoms with Gasteiger partial charge in [0.15, 0.2) is 5.69 Å². The average molecular weight is 472 g/mol. The van der Waals surface area contributed by atoms with E-state index in [1.807, 2.05) is 0 Å². The topological polar surface area (TPSA) is 132 Å². The summed E-state index contributed by atoms with van der Waals surface area (Å²) in [7, 11) is 0. The van der Waals surface area contributed by atoms with E-state index < -0.39 is 11.9 Å². The average Bonchev–Trinajstić information content (AvgIpc) is 3.21. The summed E-state index contributed by atoms with van der Waals surface area (Å²) < 4.78 is 19.1. The molecule has 3 aromatic rings. The molecule has 0 radical (unpaired) electrons. The summed E-state index contributed by atoms with van der Waals surface area (Å²) in [4.78, 5) is 28.2. The highest BCUT2D eigenvalue weighted by molar-refractivity contribution is 7.15. The van der Waals surface area contributed by atoms with Crippen molar-refractivity contribution in [2.24, 2.45) is 0 Å². The van der Waals surface area contributed by atoms with Crippen LogP contribution in [0.5, 0.6) is 0 Å². The molecule has 0 aromatic carbocycles. The smallest absolute Gasteiger partial charge is 0.312 e. The number of nitrogens with one attached hydrogen (secondary N) is 2. The molecule has 0 spiro atoms. The molecular formula is C21H22FN7O3S. The second kappa shape index (κ2) is 9.94. The van der Waals surface area contributed by atoms with Crippen LogP contribution in [0, 0.1) is 5.82 Å². The Hall–Kier alpha value is -3.54. The van der Waals surface area contributed by atoms with Crippen molar-refractivity contribution in [2.75, 3.05) is 23.8 Å². The van der Waals surface area contributed by atoms with Gasteiger partial charge in [-0.3, -0.25) is 19.9 Å². The first-order valence-electron chi connectivity index (χ1n) is 10.5. The van der Waals surface area contributed by atoms with Crippen LogP contribution in [0.1, 0.15) is 47.4 Å². The minimum Gasteiger partial charge on any atom is -0.466 e. The molecule has 0 aliphatic heterocycles. The van der Waals surface area contributed by atoms with Crippen LogP contribution < -0.4 is 10.6 Å². The van der Waals surface area contributed by atoms with Crippen molar-refractivity contribution >= 4 is 34.2 Å². The summed E-state index contributed by atoms with van der Waals surface area (Å²) in [5.74, 6) is -0.741. The van der Waals surface area contributed by atoms with Crippen molar-refractivity contribution in [1.29, 1.82) is 0 Å². The fraction of sp³-hybridized carbons (Fsp3) is 0.381. The van der Waals surface area contributed by atoms with Gasteiger partial charge in [-0.05, 0) is 44.0 Å². The number of rotatable bonds is 9. The molecule has 172 valence electrons. The quantitative estimate of drug-likeness (QED) is 0.452. The lowest BCUT2D eigenvalue weighted by Crippen LogP contribution is -2.42. The highest BCUT2D eigenvalue weighted by atomic mass is 32.1. The zero-order valence-corrected chi connectivity index (χ0v) is 18.7. The largest absolute Gasteiger partial charge is 0.466 e. The Labute approximate surface area is 193 Å². The summed E-state index contributed by atoms with van der Waals surface area (Å²) in [5.41, 5.74) is 0.186. The number of carbonyl (C=O) groups excluding carboxylic acids is 2. The van der Waals surface area contributed by atoms with E-state index in [2.05, 4.69) is 36.0 Å². The maximum Gasteiger partial charge on any atom is 0.312 e. The van der Waals surface area contributed by atoms with Gasteiger partial charge in [-0.15, -0.1) is 20.4 Å². The number of ether oxygens (including phenoxy) is 1. The minimum atomic E-state index is -0.501. The zero-order chi connectivity index (χ0) is 23.3. The monoisotopic (exact) mass is 471 g/mol. The Balaban J connectivity index is 1.34. The van der Waals surface area contributed by atoms with E-state index in [4.69, 9.17) is 4.74 Å². The summed E-state index contributed by atoms with van der Waals surface area (Å²) in [6, 6.07) is 6.17. The molecule has 3 heterocycles. The summed E-state index contributed by atoms with van der Waals surface area (Å²) >= 11 is 1.08. The lowest BCUT2D eigenvalue weighted by atomic mass is 9.66. The number of hydrogen-bond donors (Lipinski definition) is 2. The van der Waals surface area contributed by atoms with Crippen molar-refractivity contribution in [1.82, 2.24) is 25.4 Å². The molecule has 12 heteroatoms. The van der Waals surface area contributed by atoms with E-state index in [1.165, 1.54) is 12.1 Å². The van der Waals surface area contributed by atoms with E-state index in [-0.39, 0.29) is 35.1 Å². The molecule has 0 bridgehead atoms. The molecule has 1 fully saturated rings. The third kappa shape index (κ3) is 5.28. The third-order valence-corrected chi connectivity index (χ3v) is 6.20.